The summed E-state index contributed by atoms with van der Waals surface area (Å²) >= 11 is 0. The van der Waals surface area contributed by atoms with Gasteiger partial charge in [-0.15, -0.1) is 0 Å². The fourth-order valence-electron chi connectivity index (χ4n) is 2.68. The molecule has 2 radical (unpaired) electrons. The van der Waals surface area contributed by atoms with E-state index in [0.29, 0.717) is 36.0 Å². The second-order valence-corrected chi connectivity index (χ2v) is 6.77. The van der Waals surface area contributed by atoms with Gasteiger partial charge in [-0.3, -0.25) is 0 Å². The van der Waals surface area contributed by atoms with E-state index in [1.165, 1.54) is 0 Å². The first-order valence-corrected chi connectivity index (χ1v) is 10.1. The molecule has 5 heteroatoms. The molecule has 2 aromatic carbocycles. The average molecular weight is 423 g/mol. The Labute approximate surface area is 191 Å². The molecule has 0 aromatic heterocycles. The zero-order chi connectivity index (χ0) is 23.3. The van der Waals surface area contributed by atoms with Gasteiger partial charge in [0.1, 0.15) is 32.6 Å². The maximum absolute atomic E-state index is 8.93. The van der Waals surface area contributed by atoms with Gasteiger partial charge in [0.25, 0.3) is 0 Å². The molecule has 0 bridgehead atoms. The number of hydrogen-bond donors (Lipinski definition) is 0. The minimum Gasteiger partial charge on any atom is -0.501 e. The lowest BCUT2D eigenvalue weighted by Crippen LogP contribution is -2.06. The third kappa shape index (κ3) is 7.73. The number of ether oxygens (including phenoxy) is 3. The number of hydrogen-bond acceptors (Lipinski definition) is 4. The standard InChI is InChI=1S/C27H26BNO3/c1-5-20(3)30-17-18-31-26-15-13-25(14-16-26)27(28)32-21(4)7-10-23(6-2)24-11-8-22(19-29)9-12-24/h5-16,27H,1-3,17-18H2,4H3/b21-7+,23-10+. The van der Waals surface area contributed by atoms with Gasteiger partial charge < -0.3 is 14.2 Å². The van der Waals surface area contributed by atoms with Gasteiger partial charge in [-0.05, 0) is 60.0 Å². The molecule has 1 unspecified atom stereocenters. The lowest BCUT2D eigenvalue weighted by molar-refractivity contribution is 0.164. The number of nitriles is 1. The Morgan fingerprint density at radius 3 is 2.31 bits per heavy atom. The highest BCUT2D eigenvalue weighted by Crippen LogP contribution is 2.22. The van der Waals surface area contributed by atoms with Gasteiger partial charge in [-0.1, -0.05) is 56.2 Å². The number of benzene rings is 2. The van der Waals surface area contributed by atoms with Gasteiger partial charge in [-0.2, -0.15) is 5.26 Å². The van der Waals surface area contributed by atoms with Crippen molar-refractivity contribution < 1.29 is 14.2 Å². The van der Waals surface area contributed by atoms with Crippen molar-refractivity contribution in [2.45, 2.75) is 12.9 Å². The Bertz CT molecular complexity index is 1030. The first-order chi connectivity index (χ1) is 15.5. The molecule has 1 atom stereocenters. The van der Waals surface area contributed by atoms with Crippen LogP contribution in [0.25, 0.3) is 5.57 Å². The van der Waals surface area contributed by atoms with Crippen LogP contribution >= 0.6 is 0 Å². The molecule has 0 spiro atoms. The third-order valence-corrected chi connectivity index (χ3v) is 4.45. The number of nitrogens with zero attached hydrogens (tertiary/aromatic N) is 1. The average Bonchev–Trinajstić information content (AvgIpc) is 2.82. The van der Waals surface area contributed by atoms with Crippen molar-refractivity contribution in [3.05, 3.63) is 121 Å². The van der Waals surface area contributed by atoms with E-state index in [1.54, 1.807) is 24.3 Å². The van der Waals surface area contributed by atoms with E-state index in [9.17, 15) is 0 Å². The summed E-state index contributed by atoms with van der Waals surface area (Å²) in [4.78, 5) is 0. The number of rotatable bonds is 12. The van der Waals surface area contributed by atoms with Crippen LogP contribution < -0.4 is 4.74 Å². The molecule has 32 heavy (non-hydrogen) atoms. The second kappa shape index (κ2) is 12.7. The van der Waals surface area contributed by atoms with Crippen LogP contribution in [0.5, 0.6) is 5.75 Å². The van der Waals surface area contributed by atoms with Crippen LogP contribution in [0.1, 0.15) is 29.6 Å². The second-order valence-electron chi connectivity index (χ2n) is 6.77. The van der Waals surface area contributed by atoms with Crippen LogP contribution in [0, 0.1) is 11.3 Å². The molecule has 0 heterocycles. The summed E-state index contributed by atoms with van der Waals surface area (Å²) in [5.41, 5.74) is 3.30. The molecule has 2 rings (SSSR count). The molecule has 0 fully saturated rings. The van der Waals surface area contributed by atoms with Crippen molar-refractivity contribution in [3.8, 4) is 11.8 Å². The van der Waals surface area contributed by atoms with E-state index in [1.807, 2.05) is 55.5 Å². The fourth-order valence-corrected chi connectivity index (χ4v) is 2.68. The molecule has 2 aromatic rings. The van der Waals surface area contributed by atoms with Crippen molar-refractivity contribution in [1.82, 2.24) is 0 Å². The minimum absolute atomic E-state index is 0.391. The van der Waals surface area contributed by atoms with E-state index in [-0.39, 0.29) is 0 Å². The third-order valence-electron chi connectivity index (χ3n) is 4.45. The Kier molecular flexibility index (Phi) is 9.68. The summed E-state index contributed by atoms with van der Waals surface area (Å²) in [6.07, 6.45) is 7.04. The van der Waals surface area contributed by atoms with Gasteiger partial charge in [0.05, 0.1) is 23.4 Å². The molecule has 0 amide bonds. The van der Waals surface area contributed by atoms with Gasteiger partial charge in [-0.25, -0.2) is 0 Å². The van der Waals surface area contributed by atoms with Crippen LogP contribution in [0.4, 0.5) is 0 Å². The molecule has 0 aliphatic rings. The predicted molar refractivity (Wildman–Crippen MR) is 130 cm³/mol. The van der Waals surface area contributed by atoms with Crippen LogP contribution in [0.3, 0.4) is 0 Å². The molecule has 4 nitrogen and oxygen atoms in total. The summed E-state index contributed by atoms with van der Waals surface area (Å²) in [6.45, 7) is 13.7. The highest BCUT2D eigenvalue weighted by Gasteiger charge is 2.07. The summed E-state index contributed by atoms with van der Waals surface area (Å²) in [6, 6.07) is 16.2. The summed E-state index contributed by atoms with van der Waals surface area (Å²) in [5.74, 6) is 1.88. The first-order valence-electron chi connectivity index (χ1n) is 10.1. The highest BCUT2D eigenvalue weighted by molar-refractivity contribution is 6.11. The molecule has 0 aliphatic carbocycles. The summed E-state index contributed by atoms with van der Waals surface area (Å²) in [5, 5.41) is 8.93. The van der Waals surface area contributed by atoms with Crippen molar-refractivity contribution in [2.24, 2.45) is 0 Å². The topological polar surface area (TPSA) is 51.5 Å². The molecule has 0 N–H and O–H groups in total. The largest absolute Gasteiger partial charge is 0.501 e. The molecule has 160 valence electrons. The Balaban J connectivity index is 1.93. The van der Waals surface area contributed by atoms with Gasteiger partial charge in [0.15, 0.2) is 0 Å². The van der Waals surface area contributed by atoms with E-state index in [0.717, 1.165) is 16.7 Å². The molecule has 0 saturated carbocycles. The molecular weight excluding hydrogens is 397 g/mol. The molecular formula is C27H26BNO3. The Hall–Kier alpha value is -3.91. The van der Waals surface area contributed by atoms with Crippen LogP contribution in [0.15, 0.2) is 104 Å². The lowest BCUT2D eigenvalue weighted by Gasteiger charge is -2.16. The van der Waals surface area contributed by atoms with Gasteiger partial charge in [0.2, 0.25) is 0 Å². The predicted octanol–water partition coefficient (Wildman–Crippen LogP) is 6.01. The van der Waals surface area contributed by atoms with Crippen LogP contribution in [-0.4, -0.2) is 21.1 Å². The molecule has 0 aliphatic heterocycles. The van der Waals surface area contributed by atoms with Crippen molar-refractivity contribution >= 4 is 13.4 Å². The van der Waals surface area contributed by atoms with E-state index in [4.69, 9.17) is 27.3 Å². The quantitative estimate of drug-likeness (QED) is 0.182. The van der Waals surface area contributed by atoms with Crippen molar-refractivity contribution in [1.29, 1.82) is 5.26 Å². The first kappa shape index (κ1) is 24.4. The molecule has 0 saturated heterocycles. The SMILES string of the molecule is [B]C(O/C(C)=C/C=C(\C=C)c1ccc(C#N)cc1)c1ccc(OCCOC(=C)C=C)cc1. The van der Waals surface area contributed by atoms with Gasteiger partial charge in [0, 0.05) is 0 Å². The minimum atomic E-state index is -0.616. The Morgan fingerprint density at radius 2 is 1.72 bits per heavy atom. The van der Waals surface area contributed by atoms with Crippen molar-refractivity contribution in [3.63, 3.8) is 0 Å². The smallest absolute Gasteiger partial charge is 0.133 e. The lowest BCUT2D eigenvalue weighted by atomic mass is 9.92. The summed E-state index contributed by atoms with van der Waals surface area (Å²) in [7, 11) is 6.18. The maximum Gasteiger partial charge on any atom is 0.133 e. The number of allylic oxidation sites excluding steroid dienone is 6. The monoisotopic (exact) mass is 423 g/mol. The van der Waals surface area contributed by atoms with E-state index < -0.39 is 6.00 Å². The Morgan fingerprint density at radius 1 is 1.03 bits per heavy atom. The zero-order valence-electron chi connectivity index (χ0n) is 18.3. The highest BCUT2D eigenvalue weighted by atomic mass is 16.5. The van der Waals surface area contributed by atoms with Crippen LogP contribution in [0.2, 0.25) is 0 Å². The van der Waals surface area contributed by atoms with Crippen LogP contribution in [-0.2, 0) is 9.47 Å². The fraction of sp³-hybridized carbons (Fsp3) is 0.148. The maximum atomic E-state index is 8.93. The normalized spacial score (nSPS) is 12.2. The van der Waals surface area contributed by atoms with Gasteiger partial charge >= 0.3 is 0 Å². The van der Waals surface area contributed by atoms with E-state index >= 15 is 0 Å². The van der Waals surface area contributed by atoms with E-state index in [2.05, 4.69) is 25.8 Å². The summed E-state index contributed by atoms with van der Waals surface area (Å²) < 4.78 is 16.7. The van der Waals surface area contributed by atoms with Crippen molar-refractivity contribution in [2.75, 3.05) is 13.2 Å². The zero-order valence-corrected chi connectivity index (χ0v) is 18.3.